The fourth-order valence-corrected chi connectivity index (χ4v) is 2.49. The lowest BCUT2D eigenvalue weighted by molar-refractivity contribution is 0.0686. The molecule has 2 atom stereocenters. The van der Waals surface area contributed by atoms with Crippen LogP contribution < -0.4 is 0 Å². The summed E-state index contributed by atoms with van der Waals surface area (Å²) in [6.45, 7) is 2.19. The van der Waals surface area contributed by atoms with Gasteiger partial charge in [0, 0.05) is 6.20 Å². The predicted octanol–water partition coefficient (Wildman–Crippen LogP) is 2.15. The molecule has 1 fully saturated rings. The normalized spacial score (nSPS) is 24.5. The second-order valence-corrected chi connectivity index (χ2v) is 4.76. The number of hydrogen-bond donors (Lipinski definition) is 1. The molecule has 2 unspecified atom stereocenters. The van der Waals surface area contributed by atoms with Crippen LogP contribution >= 0.6 is 0 Å². The van der Waals surface area contributed by atoms with E-state index in [1.165, 1.54) is 6.42 Å². The van der Waals surface area contributed by atoms with Crippen molar-refractivity contribution in [2.24, 2.45) is 5.92 Å². The zero-order chi connectivity index (χ0) is 12.4. The van der Waals surface area contributed by atoms with Gasteiger partial charge in [0.2, 0.25) is 0 Å². The summed E-state index contributed by atoms with van der Waals surface area (Å²) in [5, 5.41) is 13.0. The van der Waals surface area contributed by atoms with Gasteiger partial charge in [-0.05, 0) is 18.8 Å². The number of hydrogen-bond acceptors (Lipinski definition) is 3. The Morgan fingerprint density at radius 1 is 1.59 bits per heavy atom. The van der Waals surface area contributed by atoms with Crippen molar-refractivity contribution in [2.45, 2.75) is 38.6 Å². The van der Waals surface area contributed by atoms with E-state index in [0.29, 0.717) is 12.2 Å². The summed E-state index contributed by atoms with van der Waals surface area (Å²) in [7, 11) is 0. The summed E-state index contributed by atoms with van der Waals surface area (Å²) in [6.07, 6.45) is 6.45. The van der Waals surface area contributed by atoms with Gasteiger partial charge in [-0.1, -0.05) is 19.8 Å². The van der Waals surface area contributed by atoms with Crippen molar-refractivity contribution >= 4 is 12.3 Å². The van der Waals surface area contributed by atoms with Crippen LogP contribution in [0.25, 0.3) is 0 Å². The maximum Gasteiger partial charge on any atom is 0.357 e. The molecule has 17 heavy (non-hydrogen) atoms. The largest absolute Gasteiger partial charge is 0.476 e. The molecule has 0 aliphatic heterocycles. The van der Waals surface area contributed by atoms with Crippen molar-refractivity contribution in [1.82, 2.24) is 9.78 Å². The standard InChI is InChI=1S/C12H16N2O3/c1-8-3-2-4-10(5-8)14-6-9(7-15)11(13-14)12(16)17/h6-8,10H,2-5H2,1H3,(H,16,17). The van der Waals surface area contributed by atoms with E-state index in [4.69, 9.17) is 5.11 Å². The van der Waals surface area contributed by atoms with Gasteiger partial charge in [-0.15, -0.1) is 0 Å². The number of aromatic nitrogens is 2. The highest BCUT2D eigenvalue weighted by Gasteiger charge is 2.23. The molecule has 0 bridgehead atoms. The van der Waals surface area contributed by atoms with E-state index in [9.17, 15) is 9.59 Å². The van der Waals surface area contributed by atoms with Crippen LogP contribution in [0.5, 0.6) is 0 Å². The molecule has 1 saturated carbocycles. The summed E-state index contributed by atoms with van der Waals surface area (Å²) < 4.78 is 1.66. The molecule has 1 aliphatic carbocycles. The first kappa shape index (κ1) is 11.8. The van der Waals surface area contributed by atoms with Crippen LogP contribution in [0.15, 0.2) is 6.20 Å². The Balaban J connectivity index is 2.26. The molecular weight excluding hydrogens is 220 g/mol. The van der Waals surface area contributed by atoms with Crippen molar-refractivity contribution in [3.05, 3.63) is 17.5 Å². The molecule has 2 rings (SSSR count). The Morgan fingerprint density at radius 2 is 2.35 bits per heavy atom. The Labute approximate surface area is 99.4 Å². The van der Waals surface area contributed by atoms with Gasteiger partial charge in [-0.25, -0.2) is 4.79 Å². The van der Waals surface area contributed by atoms with Crippen molar-refractivity contribution < 1.29 is 14.7 Å². The zero-order valence-corrected chi connectivity index (χ0v) is 9.80. The quantitative estimate of drug-likeness (QED) is 0.816. The number of carboxylic acids is 1. The summed E-state index contributed by atoms with van der Waals surface area (Å²) in [4.78, 5) is 21.7. The average molecular weight is 236 g/mol. The third kappa shape index (κ3) is 2.38. The third-order valence-electron chi connectivity index (χ3n) is 3.37. The molecule has 1 heterocycles. The van der Waals surface area contributed by atoms with Crippen molar-refractivity contribution in [3.63, 3.8) is 0 Å². The fourth-order valence-electron chi connectivity index (χ4n) is 2.49. The molecule has 5 heteroatoms. The zero-order valence-electron chi connectivity index (χ0n) is 9.80. The number of carbonyl (C=O) groups excluding carboxylic acids is 1. The Hall–Kier alpha value is -1.65. The molecule has 0 spiro atoms. The van der Waals surface area contributed by atoms with Gasteiger partial charge in [0.05, 0.1) is 11.6 Å². The van der Waals surface area contributed by atoms with Crippen molar-refractivity contribution in [2.75, 3.05) is 0 Å². The first-order chi connectivity index (χ1) is 8.11. The highest BCUT2D eigenvalue weighted by Crippen LogP contribution is 2.32. The van der Waals surface area contributed by atoms with Gasteiger partial charge in [0.15, 0.2) is 12.0 Å². The summed E-state index contributed by atoms with van der Waals surface area (Å²) >= 11 is 0. The number of nitrogens with zero attached hydrogens (tertiary/aromatic N) is 2. The lowest BCUT2D eigenvalue weighted by atomic mass is 9.87. The number of rotatable bonds is 3. The molecule has 1 aromatic rings. The Morgan fingerprint density at radius 3 is 2.88 bits per heavy atom. The average Bonchev–Trinajstić information content (AvgIpc) is 2.73. The van der Waals surface area contributed by atoms with Crippen LogP contribution in [-0.4, -0.2) is 27.1 Å². The lowest BCUT2D eigenvalue weighted by Crippen LogP contribution is -2.18. The highest BCUT2D eigenvalue weighted by molar-refractivity contribution is 5.95. The minimum Gasteiger partial charge on any atom is -0.476 e. The second-order valence-electron chi connectivity index (χ2n) is 4.76. The van der Waals surface area contributed by atoms with Gasteiger partial charge in [0.25, 0.3) is 0 Å². The SMILES string of the molecule is CC1CCCC(n2cc(C=O)c(C(=O)O)n2)C1. The van der Waals surface area contributed by atoms with Crippen LogP contribution in [-0.2, 0) is 0 Å². The molecule has 0 amide bonds. The van der Waals surface area contributed by atoms with Crippen LogP contribution in [0, 0.1) is 5.92 Å². The number of aromatic carboxylic acids is 1. The van der Waals surface area contributed by atoms with Crippen LogP contribution in [0.2, 0.25) is 0 Å². The predicted molar refractivity (Wildman–Crippen MR) is 61.2 cm³/mol. The summed E-state index contributed by atoms with van der Waals surface area (Å²) in [5.74, 6) is -0.513. The molecule has 0 radical (unpaired) electrons. The molecule has 1 N–H and O–H groups in total. The Kier molecular flexibility index (Phi) is 3.26. The summed E-state index contributed by atoms with van der Waals surface area (Å²) in [5.41, 5.74) is 0.0222. The molecule has 1 aliphatic rings. The van der Waals surface area contributed by atoms with Crippen LogP contribution in [0.4, 0.5) is 0 Å². The third-order valence-corrected chi connectivity index (χ3v) is 3.37. The van der Waals surface area contributed by atoms with E-state index < -0.39 is 5.97 Å². The van der Waals surface area contributed by atoms with Crippen molar-refractivity contribution in [1.29, 1.82) is 0 Å². The minimum absolute atomic E-state index is 0.141. The smallest absolute Gasteiger partial charge is 0.357 e. The van der Waals surface area contributed by atoms with Crippen molar-refractivity contribution in [3.8, 4) is 0 Å². The van der Waals surface area contributed by atoms with E-state index in [-0.39, 0.29) is 17.3 Å². The van der Waals surface area contributed by atoms with Gasteiger partial charge < -0.3 is 5.11 Å². The van der Waals surface area contributed by atoms with Gasteiger partial charge in [-0.3, -0.25) is 9.48 Å². The van der Waals surface area contributed by atoms with Crippen LogP contribution in [0.3, 0.4) is 0 Å². The minimum atomic E-state index is -1.14. The number of carbonyl (C=O) groups is 2. The van der Waals surface area contributed by atoms with E-state index in [2.05, 4.69) is 12.0 Å². The molecule has 0 saturated heterocycles. The van der Waals surface area contributed by atoms with E-state index >= 15 is 0 Å². The highest BCUT2D eigenvalue weighted by atomic mass is 16.4. The van der Waals surface area contributed by atoms with E-state index in [1.807, 2.05) is 0 Å². The van der Waals surface area contributed by atoms with Crippen LogP contribution in [0.1, 0.15) is 59.5 Å². The number of carboxylic acid groups (broad SMARTS) is 1. The molecular formula is C12H16N2O3. The second kappa shape index (κ2) is 4.69. The fraction of sp³-hybridized carbons (Fsp3) is 0.583. The molecule has 1 aromatic heterocycles. The maximum atomic E-state index is 10.9. The van der Waals surface area contributed by atoms with E-state index in [1.54, 1.807) is 10.9 Å². The molecule has 0 aromatic carbocycles. The summed E-state index contributed by atoms with van der Waals surface area (Å²) in [6, 6.07) is 0.227. The lowest BCUT2D eigenvalue weighted by Gasteiger charge is -2.26. The van der Waals surface area contributed by atoms with E-state index in [0.717, 1.165) is 19.3 Å². The molecule has 92 valence electrons. The Bertz CT molecular complexity index is 439. The van der Waals surface area contributed by atoms with Gasteiger partial charge in [-0.2, -0.15) is 5.10 Å². The topological polar surface area (TPSA) is 72.2 Å². The molecule has 5 nitrogen and oxygen atoms in total. The number of aldehydes is 1. The first-order valence-electron chi connectivity index (χ1n) is 5.89. The van der Waals surface area contributed by atoms with Gasteiger partial charge in [0.1, 0.15) is 0 Å². The monoisotopic (exact) mass is 236 g/mol. The van der Waals surface area contributed by atoms with Gasteiger partial charge >= 0.3 is 5.97 Å². The first-order valence-corrected chi connectivity index (χ1v) is 5.89. The maximum absolute atomic E-state index is 10.9.